The van der Waals surface area contributed by atoms with E-state index in [9.17, 15) is 4.79 Å². The molecule has 3 atom stereocenters. The molecule has 3 aliphatic heterocycles. The highest BCUT2D eigenvalue weighted by molar-refractivity contribution is 5.80. The standard InChI is InChI=1S/C17H25N5O2/c1-21-6-3-12(4-7-21)20-17(23)14-10-24-15-9-22(8-13(14)15)16-2-5-18-11-19-16/h2,5,11-15H,3-4,6-10H2,1H3,(H,20,23)/t13-,14+,15-/m0/s1. The van der Waals surface area contributed by atoms with Crippen molar-refractivity contribution in [1.82, 2.24) is 20.2 Å². The van der Waals surface area contributed by atoms with Crippen molar-refractivity contribution in [3.05, 3.63) is 18.6 Å². The van der Waals surface area contributed by atoms with Gasteiger partial charge >= 0.3 is 0 Å². The number of piperidine rings is 1. The van der Waals surface area contributed by atoms with Crippen molar-refractivity contribution in [1.29, 1.82) is 0 Å². The van der Waals surface area contributed by atoms with Gasteiger partial charge in [0.15, 0.2) is 0 Å². The van der Waals surface area contributed by atoms with Gasteiger partial charge < -0.3 is 19.9 Å². The third-order valence-electron chi connectivity index (χ3n) is 5.61. The number of ether oxygens (including phenoxy) is 1. The van der Waals surface area contributed by atoms with Crippen molar-refractivity contribution in [3.63, 3.8) is 0 Å². The van der Waals surface area contributed by atoms with Gasteiger partial charge in [-0.3, -0.25) is 4.79 Å². The number of aromatic nitrogens is 2. The summed E-state index contributed by atoms with van der Waals surface area (Å²) in [6.45, 7) is 4.29. The van der Waals surface area contributed by atoms with E-state index in [0.717, 1.165) is 44.8 Å². The summed E-state index contributed by atoms with van der Waals surface area (Å²) < 4.78 is 5.91. The first kappa shape index (κ1) is 15.8. The number of anilines is 1. The second kappa shape index (κ2) is 6.64. The minimum atomic E-state index is -0.0403. The molecule has 7 nitrogen and oxygen atoms in total. The fourth-order valence-electron chi connectivity index (χ4n) is 4.10. The lowest BCUT2D eigenvalue weighted by Gasteiger charge is -2.30. The second-order valence-electron chi connectivity index (χ2n) is 7.20. The molecule has 130 valence electrons. The van der Waals surface area contributed by atoms with Crippen LogP contribution in [0.25, 0.3) is 0 Å². The predicted molar refractivity (Wildman–Crippen MR) is 89.6 cm³/mol. The average Bonchev–Trinajstić information content (AvgIpc) is 3.18. The zero-order chi connectivity index (χ0) is 16.5. The fourth-order valence-corrected chi connectivity index (χ4v) is 4.10. The van der Waals surface area contributed by atoms with Gasteiger partial charge in [0.25, 0.3) is 0 Å². The molecule has 1 N–H and O–H groups in total. The molecule has 1 aromatic heterocycles. The molecular weight excluding hydrogens is 306 g/mol. The van der Waals surface area contributed by atoms with Gasteiger partial charge in [-0.05, 0) is 39.0 Å². The van der Waals surface area contributed by atoms with E-state index in [1.165, 1.54) is 0 Å². The molecule has 3 aliphatic rings. The maximum Gasteiger partial charge on any atom is 0.226 e. The number of amides is 1. The first-order chi connectivity index (χ1) is 11.7. The Labute approximate surface area is 142 Å². The number of likely N-dealkylation sites (tertiary alicyclic amines) is 1. The van der Waals surface area contributed by atoms with Crippen LogP contribution in [0.3, 0.4) is 0 Å². The first-order valence-corrected chi connectivity index (χ1v) is 8.82. The molecular formula is C17H25N5O2. The Bertz CT molecular complexity index is 576. The van der Waals surface area contributed by atoms with E-state index in [2.05, 4.69) is 32.1 Å². The van der Waals surface area contributed by atoms with Crippen molar-refractivity contribution < 1.29 is 9.53 Å². The van der Waals surface area contributed by atoms with Gasteiger partial charge in [0.1, 0.15) is 12.1 Å². The monoisotopic (exact) mass is 331 g/mol. The van der Waals surface area contributed by atoms with E-state index < -0.39 is 0 Å². The zero-order valence-electron chi connectivity index (χ0n) is 14.1. The molecule has 1 amide bonds. The van der Waals surface area contributed by atoms with Crippen LogP contribution in [0, 0.1) is 11.8 Å². The molecule has 0 aromatic carbocycles. The highest BCUT2D eigenvalue weighted by Gasteiger charge is 2.47. The topological polar surface area (TPSA) is 70.6 Å². The number of hydrogen-bond acceptors (Lipinski definition) is 6. The van der Waals surface area contributed by atoms with Crippen LogP contribution >= 0.6 is 0 Å². The maximum atomic E-state index is 12.7. The van der Waals surface area contributed by atoms with Gasteiger partial charge in [-0.1, -0.05) is 0 Å². The highest BCUT2D eigenvalue weighted by Crippen LogP contribution is 2.35. The number of rotatable bonds is 3. The summed E-state index contributed by atoms with van der Waals surface area (Å²) in [7, 11) is 2.13. The molecule has 24 heavy (non-hydrogen) atoms. The molecule has 4 heterocycles. The third kappa shape index (κ3) is 3.10. The van der Waals surface area contributed by atoms with Crippen molar-refractivity contribution in [3.8, 4) is 0 Å². The molecule has 0 bridgehead atoms. The summed E-state index contributed by atoms with van der Waals surface area (Å²) in [4.78, 5) is 25.5. The summed E-state index contributed by atoms with van der Waals surface area (Å²) in [5.74, 6) is 1.30. The van der Waals surface area contributed by atoms with E-state index in [0.29, 0.717) is 12.6 Å². The van der Waals surface area contributed by atoms with E-state index in [1.807, 2.05) is 6.07 Å². The molecule has 4 rings (SSSR count). The van der Waals surface area contributed by atoms with E-state index in [-0.39, 0.29) is 23.8 Å². The van der Waals surface area contributed by atoms with E-state index >= 15 is 0 Å². The molecule has 0 saturated carbocycles. The molecule has 1 aromatic rings. The minimum absolute atomic E-state index is 0.0403. The lowest BCUT2D eigenvalue weighted by atomic mass is 9.91. The van der Waals surface area contributed by atoms with Crippen LogP contribution in [0.2, 0.25) is 0 Å². The van der Waals surface area contributed by atoms with Gasteiger partial charge in [-0.2, -0.15) is 0 Å². The largest absolute Gasteiger partial charge is 0.375 e. The molecule has 0 radical (unpaired) electrons. The summed E-state index contributed by atoms with van der Waals surface area (Å²) in [5, 5.41) is 3.26. The fraction of sp³-hybridized carbons (Fsp3) is 0.706. The van der Waals surface area contributed by atoms with Crippen LogP contribution in [0.4, 0.5) is 5.82 Å². The van der Waals surface area contributed by atoms with Crippen LogP contribution in [-0.2, 0) is 9.53 Å². The number of nitrogens with zero attached hydrogens (tertiary/aromatic N) is 4. The van der Waals surface area contributed by atoms with Gasteiger partial charge in [0.05, 0.1) is 18.6 Å². The third-order valence-corrected chi connectivity index (χ3v) is 5.61. The average molecular weight is 331 g/mol. The molecule has 0 aliphatic carbocycles. The first-order valence-electron chi connectivity index (χ1n) is 8.82. The Balaban J connectivity index is 1.36. The SMILES string of the molecule is CN1CCC(NC(=O)[C@@H]2CO[C@H]3CN(c4ccncn4)C[C@H]32)CC1. The predicted octanol–water partition coefficient (Wildman–Crippen LogP) is 0.138. The van der Waals surface area contributed by atoms with Crippen LogP contribution in [-0.4, -0.2) is 72.8 Å². The molecule has 0 spiro atoms. The summed E-state index contributed by atoms with van der Waals surface area (Å²) in [6, 6.07) is 2.22. The van der Waals surface area contributed by atoms with Gasteiger partial charge in [-0.15, -0.1) is 0 Å². The number of hydrogen-bond donors (Lipinski definition) is 1. The number of nitrogens with one attached hydrogen (secondary N) is 1. The Kier molecular flexibility index (Phi) is 4.37. The minimum Gasteiger partial charge on any atom is -0.375 e. The van der Waals surface area contributed by atoms with Gasteiger partial charge in [0.2, 0.25) is 5.91 Å². The van der Waals surface area contributed by atoms with Crippen LogP contribution in [0.15, 0.2) is 18.6 Å². The second-order valence-corrected chi connectivity index (χ2v) is 7.20. The Hall–Kier alpha value is -1.73. The highest BCUT2D eigenvalue weighted by atomic mass is 16.5. The molecule has 3 fully saturated rings. The quantitative estimate of drug-likeness (QED) is 0.849. The van der Waals surface area contributed by atoms with Crippen molar-refractivity contribution in [2.75, 3.05) is 44.7 Å². The summed E-state index contributed by atoms with van der Waals surface area (Å²) in [6.07, 6.45) is 5.53. The summed E-state index contributed by atoms with van der Waals surface area (Å²) in [5.41, 5.74) is 0. The molecule has 7 heteroatoms. The summed E-state index contributed by atoms with van der Waals surface area (Å²) >= 11 is 0. The van der Waals surface area contributed by atoms with E-state index in [4.69, 9.17) is 4.74 Å². The van der Waals surface area contributed by atoms with E-state index in [1.54, 1.807) is 12.5 Å². The van der Waals surface area contributed by atoms with Crippen molar-refractivity contribution in [2.45, 2.75) is 25.0 Å². The Morgan fingerprint density at radius 3 is 2.92 bits per heavy atom. The van der Waals surface area contributed by atoms with Crippen molar-refractivity contribution >= 4 is 11.7 Å². The van der Waals surface area contributed by atoms with Crippen LogP contribution < -0.4 is 10.2 Å². The zero-order valence-corrected chi connectivity index (χ0v) is 14.1. The normalized spacial score (nSPS) is 31.2. The van der Waals surface area contributed by atoms with Gasteiger partial charge in [-0.25, -0.2) is 9.97 Å². The van der Waals surface area contributed by atoms with Crippen molar-refractivity contribution in [2.24, 2.45) is 11.8 Å². The lowest BCUT2D eigenvalue weighted by molar-refractivity contribution is -0.126. The number of carbonyl (C=O) groups excluding carboxylic acids is 1. The lowest BCUT2D eigenvalue weighted by Crippen LogP contribution is -2.46. The molecule has 3 saturated heterocycles. The van der Waals surface area contributed by atoms with Crippen LogP contribution in [0.5, 0.6) is 0 Å². The molecule has 0 unspecified atom stereocenters. The smallest absolute Gasteiger partial charge is 0.226 e. The number of fused-ring (bicyclic) bond motifs is 1. The number of carbonyl (C=O) groups is 1. The maximum absolute atomic E-state index is 12.7. The Morgan fingerprint density at radius 1 is 1.33 bits per heavy atom. The van der Waals surface area contributed by atoms with Crippen LogP contribution in [0.1, 0.15) is 12.8 Å². The van der Waals surface area contributed by atoms with Gasteiger partial charge in [0, 0.05) is 31.2 Å². The Morgan fingerprint density at radius 2 is 2.17 bits per heavy atom.